The Morgan fingerprint density at radius 1 is 1.29 bits per heavy atom. The summed E-state index contributed by atoms with van der Waals surface area (Å²) in [5.74, 6) is 0.514. The van der Waals surface area contributed by atoms with Gasteiger partial charge in [0.1, 0.15) is 11.3 Å². The van der Waals surface area contributed by atoms with Crippen molar-refractivity contribution in [2.24, 2.45) is 0 Å². The normalized spacial score (nSPS) is 10.8. The number of fused-ring (bicyclic) bond motifs is 1. The number of carbonyl (C=O) groups is 1. The number of carbonyl (C=O) groups excluding carboxylic acids is 1. The number of hydrogen-bond donors (Lipinski definition) is 1. The summed E-state index contributed by atoms with van der Waals surface area (Å²) in [5.41, 5.74) is 1.88. The molecule has 0 unspecified atom stereocenters. The molecule has 0 bridgehead atoms. The van der Waals surface area contributed by atoms with Crippen molar-refractivity contribution in [3.8, 4) is 5.75 Å². The van der Waals surface area contributed by atoms with Crippen molar-refractivity contribution >= 4 is 57.7 Å². The molecule has 0 atom stereocenters. The molecule has 3 rings (SSSR count). The van der Waals surface area contributed by atoms with Crippen LogP contribution in [0.3, 0.4) is 0 Å². The second-order valence-electron chi connectivity index (χ2n) is 4.78. The monoisotopic (exact) mass is 382 g/mol. The van der Waals surface area contributed by atoms with Gasteiger partial charge in [-0.3, -0.25) is 4.79 Å². The average molecular weight is 383 g/mol. The molecule has 0 aliphatic rings. The Morgan fingerprint density at radius 2 is 2.12 bits per heavy atom. The van der Waals surface area contributed by atoms with Crippen LogP contribution in [0.1, 0.15) is 0 Å². The Morgan fingerprint density at radius 3 is 2.88 bits per heavy atom. The third-order valence-corrected chi connectivity index (χ3v) is 4.45. The van der Waals surface area contributed by atoms with Gasteiger partial charge in [0.25, 0.3) is 5.22 Å². The number of benzene rings is 2. The van der Waals surface area contributed by atoms with E-state index in [-0.39, 0.29) is 11.7 Å². The van der Waals surface area contributed by atoms with E-state index < -0.39 is 0 Å². The molecule has 0 saturated carbocycles. The summed E-state index contributed by atoms with van der Waals surface area (Å²) in [6.45, 7) is 0. The molecule has 0 radical (unpaired) electrons. The van der Waals surface area contributed by atoms with Crippen LogP contribution in [0.25, 0.3) is 11.1 Å². The van der Waals surface area contributed by atoms with Gasteiger partial charge >= 0.3 is 0 Å². The van der Waals surface area contributed by atoms with Gasteiger partial charge in [-0.1, -0.05) is 35.0 Å². The number of anilines is 1. The maximum atomic E-state index is 12.0. The molecule has 1 heterocycles. The van der Waals surface area contributed by atoms with Gasteiger partial charge in [-0.2, -0.15) is 0 Å². The molecule has 8 heteroatoms. The van der Waals surface area contributed by atoms with E-state index in [0.29, 0.717) is 37.8 Å². The number of thioether (sulfide) groups is 1. The standard InChI is InChI=1S/C16H12Cl2N2O3S/c1-22-13-5-3-10(7-11(13)18)19-15(21)8-24-16-20-12-6-9(17)2-4-14(12)23-16/h2-7H,8H2,1H3,(H,19,21). The third kappa shape index (κ3) is 3.95. The zero-order chi connectivity index (χ0) is 17.1. The van der Waals surface area contributed by atoms with Crippen molar-refractivity contribution < 1.29 is 13.9 Å². The summed E-state index contributed by atoms with van der Waals surface area (Å²) >= 11 is 13.1. The number of nitrogens with zero attached hydrogens (tertiary/aromatic N) is 1. The largest absolute Gasteiger partial charge is 0.495 e. The van der Waals surface area contributed by atoms with E-state index >= 15 is 0 Å². The van der Waals surface area contributed by atoms with Crippen LogP contribution >= 0.6 is 35.0 Å². The molecule has 24 heavy (non-hydrogen) atoms. The summed E-state index contributed by atoms with van der Waals surface area (Å²) < 4.78 is 10.6. The molecule has 124 valence electrons. The van der Waals surface area contributed by atoms with Crippen molar-refractivity contribution in [1.82, 2.24) is 4.98 Å². The van der Waals surface area contributed by atoms with Gasteiger partial charge in [0, 0.05) is 10.7 Å². The molecule has 5 nitrogen and oxygen atoms in total. The Balaban J connectivity index is 1.61. The molecule has 1 amide bonds. The van der Waals surface area contributed by atoms with Gasteiger partial charge in [0.15, 0.2) is 5.58 Å². The number of methoxy groups -OCH3 is 1. The van der Waals surface area contributed by atoms with Gasteiger partial charge in [0.2, 0.25) is 5.91 Å². The maximum Gasteiger partial charge on any atom is 0.257 e. The molecule has 2 aromatic carbocycles. The first-order chi connectivity index (χ1) is 11.5. The zero-order valence-electron chi connectivity index (χ0n) is 12.5. The smallest absolute Gasteiger partial charge is 0.257 e. The lowest BCUT2D eigenvalue weighted by molar-refractivity contribution is -0.113. The molecule has 0 saturated heterocycles. The quantitative estimate of drug-likeness (QED) is 0.637. The van der Waals surface area contributed by atoms with Crippen LogP contribution in [0.4, 0.5) is 5.69 Å². The van der Waals surface area contributed by atoms with Crippen LogP contribution in [0, 0.1) is 0 Å². The summed E-state index contributed by atoms with van der Waals surface area (Å²) in [4.78, 5) is 16.3. The predicted octanol–water partition coefficient (Wildman–Crippen LogP) is 4.87. The molecule has 0 spiro atoms. The highest BCUT2D eigenvalue weighted by atomic mass is 35.5. The minimum Gasteiger partial charge on any atom is -0.495 e. The SMILES string of the molecule is COc1ccc(NC(=O)CSc2nc3cc(Cl)ccc3o2)cc1Cl. The Kier molecular flexibility index (Phi) is 5.18. The first-order valence-corrected chi connectivity index (χ1v) is 8.61. The molecule has 1 N–H and O–H groups in total. The second kappa shape index (κ2) is 7.34. The molecule has 0 aliphatic carbocycles. The van der Waals surface area contributed by atoms with Crippen LogP contribution in [-0.4, -0.2) is 23.8 Å². The number of hydrogen-bond acceptors (Lipinski definition) is 5. The maximum absolute atomic E-state index is 12.0. The van der Waals surface area contributed by atoms with Crippen molar-refractivity contribution in [1.29, 1.82) is 0 Å². The lowest BCUT2D eigenvalue weighted by atomic mass is 10.3. The van der Waals surface area contributed by atoms with E-state index in [4.69, 9.17) is 32.4 Å². The fourth-order valence-electron chi connectivity index (χ4n) is 2.01. The lowest BCUT2D eigenvalue weighted by Crippen LogP contribution is -2.13. The first kappa shape index (κ1) is 17.0. The molecular formula is C16H12Cl2N2O3S. The Labute approximate surface area is 152 Å². The fraction of sp³-hybridized carbons (Fsp3) is 0.125. The second-order valence-corrected chi connectivity index (χ2v) is 6.55. The Hall–Kier alpha value is -1.89. The topological polar surface area (TPSA) is 64.4 Å². The van der Waals surface area contributed by atoms with Crippen molar-refractivity contribution in [2.45, 2.75) is 5.22 Å². The van der Waals surface area contributed by atoms with E-state index in [0.717, 1.165) is 0 Å². The van der Waals surface area contributed by atoms with Gasteiger partial charge in [0.05, 0.1) is 17.9 Å². The highest BCUT2D eigenvalue weighted by Crippen LogP contribution is 2.28. The third-order valence-electron chi connectivity index (χ3n) is 3.09. The van der Waals surface area contributed by atoms with Crippen molar-refractivity contribution in [2.75, 3.05) is 18.2 Å². The van der Waals surface area contributed by atoms with E-state index in [9.17, 15) is 4.79 Å². The molecule has 3 aromatic rings. The number of aromatic nitrogens is 1. The summed E-state index contributed by atoms with van der Waals surface area (Å²) in [7, 11) is 1.53. The molecular weight excluding hydrogens is 371 g/mol. The van der Waals surface area contributed by atoms with Gasteiger partial charge in [-0.15, -0.1) is 0 Å². The summed E-state index contributed by atoms with van der Waals surface area (Å²) in [6.07, 6.45) is 0. The number of rotatable bonds is 5. The number of halogens is 2. The van der Waals surface area contributed by atoms with Crippen LogP contribution in [0.5, 0.6) is 5.75 Å². The van der Waals surface area contributed by atoms with E-state index in [1.165, 1.54) is 18.9 Å². The highest BCUT2D eigenvalue weighted by molar-refractivity contribution is 7.99. The minimum atomic E-state index is -0.193. The summed E-state index contributed by atoms with van der Waals surface area (Å²) in [6, 6.07) is 10.2. The van der Waals surface area contributed by atoms with Crippen LogP contribution in [-0.2, 0) is 4.79 Å². The van der Waals surface area contributed by atoms with E-state index in [2.05, 4.69) is 10.3 Å². The van der Waals surface area contributed by atoms with Crippen LogP contribution in [0.2, 0.25) is 10.0 Å². The fourth-order valence-corrected chi connectivity index (χ4v) is 3.07. The lowest BCUT2D eigenvalue weighted by Gasteiger charge is -2.07. The average Bonchev–Trinajstić information content (AvgIpc) is 2.95. The van der Waals surface area contributed by atoms with Crippen molar-refractivity contribution in [3.63, 3.8) is 0 Å². The minimum absolute atomic E-state index is 0.157. The predicted molar refractivity (Wildman–Crippen MR) is 96.4 cm³/mol. The first-order valence-electron chi connectivity index (χ1n) is 6.87. The van der Waals surface area contributed by atoms with Crippen molar-refractivity contribution in [3.05, 3.63) is 46.4 Å². The zero-order valence-corrected chi connectivity index (χ0v) is 14.8. The van der Waals surface area contributed by atoms with E-state index in [1.54, 1.807) is 36.4 Å². The van der Waals surface area contributed by atoms with Crippen LogP contribution < -0.4 is 10.1 Å². The van der Waals surface area contributed by atoms with Crippen LogP contribution in [0.15, 0.2) is 46.0 Å². The van der Waals surface area contributed by atoms with Gasteiger partial charge in [-0.05, 0) is 36.4 Å². The van der Waals surface area contributed by atoms with Gasteiger partial charge in [-0.25, -0.2) is 4.98 Å². The number of nitrogens with one attached hydrogen (secondary N) is 1. The molecule has 1 aromatic heterocycles. The summed E-state index contributed by atoms with van der Waals surface area (Å²) in [5, 5.41) is 4.18. The highest BCUT2D eigenvalue weighted by Gasteiger charge is 2.11. The number of ether oxygens (including phenoxy) is 1. The Bertz CT molecular complexity index is 898. The number of oxazole rings is 1. The molecule has 0 aliphatic heterocycles. The van der Waals surface area contributed by atoms with Gasteiger partial charge < -0.3 is 14.5 Å². The molecule has 0 fully saturated rings. The number of amides is 1. The van der Waals surface area contributed by atoms with E-state index in [1.807, 2.05) is 0 Å².